The quantitative estimate of drug-likeness (QED) is 0.795. The summed E-state index contributed by atoms with van der Waals surface area (Å²) in [5.41, 5.74) is 1.16. The van der Waals surface area contributed by atoms with Crippen molar-refractivity contribution >= 4 is 5.69 Å². The molecule has 0 aliphatic carbocycles. The number of aromatic nitrogens is 1. The summed E-state index contributed by atoms with van der Waals surface area (Å²) >= 11 is 0. The van der Waals surface area contributed by atoms with Crippen LogP contribution >= 0.6 is 0 Å². The molecule has 0 atom stereocenters. The molecule has 0 aliphatic rings. The highest BCUT2D eigenvalue weighted by molar-refractivity contribution is 5.70. The van der Waals surface area contributed by atoms with Crippen molar-refractivity contribution in [2.24, 2.45) is 5.18 Å². The molecule has 0 radical (unpaired) electrons. The van der Waals surface area contributed by atoms with Crippen molar-refractivity contribution in [1.82, 2.24) is 4.98 Å². The average molecular weight is 225 g/mol. The van der Waals surface area contributed by atoms with E-state index in [2.05, 4.69) is 10.2 Å². The highest BCUT2D eigenvalue weighted by Gasteiger charge is 2.08. The van der Waals surface area contributed by atoms with E-state index in [1.165, 1.54) is 18.3 Å². The van der Waals surface area contributed by atoms with Crippen molar-refractivity contribution in [3.05, 3.63) is 57.4 Å². The number of nitroso groups, excluding NO2 is 1. The van der Waals surface area contributed by atoms with Crippen molar-refractivity contribution < 1.29 is 0 Å². The van der Waals surface area contributed by atoms with E-state index in [9.17, 15) is 9.70 Å². The number of aromatic amines is 1. The number of hydrogen-bond acceptors (Lipinski definition) is 4. The van der Waals surface area contributed by atoms with Crippen molar-refractivity contribution in [2.45, 2.75) is 0 Å². The topological polar surface area (TPSA) is 86.1 Å². The molecular weight excluding hydrogens is 218 g/mol. The van der Waals surface area contributed by atoms with Gasteiger partial charge in [-0.25, -0.2) is 0 Å². The molecule has 0 saturated carbocycles. The monoisotopic (exact) mass is 225 g/mol. The van der Waals surface area contributed by atoms with Crippen LogP contribution in [-0.2, 0) is 0 Å². The molecular formula is C12H7N3O2. The molecule has 1 N–H and O–H groups in total. The molecule has 0 spiro atoms. The van der Waals surface area contributed by atoms with Gasteiger partial charge in [-0.05, 0) is 28.9 Å². The molecule has 0 unspecified atom stereocenters. The molecule has 5 nitrogen and oxygen atoms in total. The van der Waals surface area contributed by atoms with E-state index < -0.39 is 5.56 Å². The number of nitrogens with zero attached hydrogens (tertiary/aromatic N) is 2. The number of nitrogens with one attached hydrogen (secondary N) is 1. The third-order valence-electron chi connectivity index (χ3n) is 2.36. The fourth-order valence-corrected chi connectivity index (χ4v) is 1.53. The van der Waals surface area contributed by atoms with Crippen LogP contribution in [-0.4, -0.2) is 4.98 Å². The lowest BCUT2D eigenvalue weighted by Gasteiger charge is -2.02. The molecule has 2 aromatic rings. The molecule has 1 aromatic heterocycles. The molecule has 2 rings (SSSR count). The van der Waals surface area contributed by atoms with E-state index >= 15 is 0 Å². The second-order valence-electron chi connectivity index (χ2n) is 3.35. The van der Waals surface area contributed by atoms with Crippen LogP contribution in [0.1, 0.15) is 5.56 Å². The Labute approximate surface area is 96.3 Å². The smallest absolute Gasteiger partial charge is 0.266 e. The minimum atomic E-state index is -0.428. The molecule has 0 fully saturated rings. The molecule has 0 saturated heterocycles. The maximum absolute atomic E-state index is 11.4. The summed E-state index contributed by atoms with van der Waals surface area (Å²) in [5.74, 6) is 0. The lowest BCUT2D eigenvalue weighted by molar-refractivity contribution is 1.22. The van der Waals surface area contributed by atoms with Crippen molar-refractivity contribution in [2.75, 3.05) is 0 Å². The van der Waals surface area contributed by atoms with Crippen LogP contribution in [0, 0.1) is 16.2 Å². The summed E-state index contributed by atoms with van der Waals surface area (Å²) in [6.45, 7) is 0. The van der Waals surface area contributed by atoms with Gasteiger partial charge in [-0.3, -0.25) is 4.79 Å². The predicted molar refractivity (Wildman–Crippen MR) is 62.7 cm³/mol. The van der Waals surface area contributed by atoms with Gasteiger partial charge in [0.2, 0.25) is 0 Å². The van der Waals surface area contributed by atoms with Gasteiger partial charge in [-0.15, -0.1) is 4.91 Å². The van der Waals surface area contributed by atoms with Crippen LogP contribution < -0.4 is 5.56 Å². The van der Waals surface area contributed by atoms with Gasteiger partial charge in [0.15, 0.2) is 0 Å². The number of rotatable bonds is 2. The first kappa shape index (κ1) is 10.8. The summed E-state index contributed by atoms with van der Waals surface area (Å²) in [4.78, 5) is 24.1. The summed E-state index contributed by atoms with van der Waals surface area (Å²) in [7, 11) is 0. The first-order valence-electron chi connectivity index (χ1n) is 4.82. The van der Waals surface area contributed by atoms with Gasteiger partial charge >= 0.3 is 0 Å². The SMILES string of the molecule is N#Cc1c(-c2ccc(N=O)cc2)cc[nH]c1=O. The molecule has 1 aromatic carbocycles. The lowest BCUT2D eigenvalue weighted by Crippen LogP contribution is -2.10. The van der Waals surface area contributed by atoms with Crippen LogP contribution in [0.2, 0.25) is 0 Å². The minimum absolute atomic E-state index is 0.0549. The number of nitriles is 1. The molecule has 82 valence electrons. The van der Waals surface area contributed by atoms with Gasteiger partial charge in [-0.2, -0.15) is 5.26 Å². The average Bonchev–Trinajstić information content (AvgIpc) is 2.38. The zero-order valence-electron chi connectivity index (χ0n) is 8.68. The van der Waals surface area contributed by atoms with Crippen LogP contribution in [0.5, 0.6) is 0 Å². The van der Waals surface area contributed by atoms with Gasteiger partial charge in [0.05, 0.1) is 0 Å². The normalized spacial score (nSPS) is 9.59. The Morgan fingerprint density at radius 3 is 2.47 bits per heavy atom. The van der Waals surface area contributed by atoms with E-state index in [4.69, 9.17) is 5.26 Å². The summed E-state index contributed by atoms with van der Waals surface area (Å²) in [6.07, 6.45) is 1.48. The van der Waals surface area contributed by atoms with E-state index in [1.807, 2.05) is 6.07 Å². The van der Waals surface area contributed by atoms with Crippen LogP contribution in [0.25, 0.3) is 11.1 Å². The Bertz CT molecular complexity index is 651. The van der Waals surface area contributed by atoms with Crippen LogP contribution in [0.3, 0.4) is 0 Å². The highest BCUT2D eigenvalue weighted by atomic mass is 16.3. The second-order valence-corrected chi connectivity index (χ2v) is 3.35. The minimum Gasteiger partial charge on any atom is -0.328 e. The fourth-order valence-electron chi connectivity index (χ4n) is 1.53. The molecule has 0 aliphatic heterocycles. The molecule has 17 heavy (non-hydrogen) atoms. The highest BCUT2D eigenvalue weighted by Crippen LogP contribution is 2.23. The molecule has 1 heterocycles. The zero-order chi connectivity index (χ0) is 12.3. The maximum Gasteiger partial charge on any atom is 0.266 e. The summed E-state index contributed by atoms with van der Waals surface area (Å²) in [6, 6.07) is 9.86. The van der Waals surface area contributed by atoms with Gasteiger partial charge in [0, 0.05) is 11.8 Å². The summed E-state index contributed by atoms with van der Waals surface area (Å²) < 4.78 is 0. The van der Waals surface area contributed by atoms with Crippen molar-refractivity contribution in [3.8, 4) is 17.2 Å². The Balaban J connectivity index is 2.61. The van der Waals surface area contributed by atoms with E-state index in [-0.39, 0.29) is 5.56 Å². The van der Waals surface area contributed by atoms with E-state index in [0.29, 0.717) is 16.8 Å². The molecule has 5 heteroatoms. The van der Waals surface area contributed by atoms with Gasteiger partial charge in [0.1, 0.15) is 17.3 Å². The predicted octanol–water partition coefficient (Wildman–Crippen LogP) is 2.31. The number of benzene rings is 1. The number of hydrogen-bond donors (Lipinski definition) is 1. The van der Waals surface area contributed by atoms with Gasteiger partial charge in [-0.1, -0.05) is 12.1 Å². The van der Waals surface area contributed by atoms with Gasteiger partial charge in [0.25, 0.3) is 5.56 Å². The molecule has 0 bridgehead atoms. The Morgan fingerprint density at radius 2 is 1.88 bits per heavy atom. The number of H-pyrrole nitrogens is 1. The van der Waals surface area contributed by atoms with Crippen molar-refractivity contribution in [1.29, 1.82) is 5.26 Å². The zero-order valence-corrected chi connectivity index (χ0v) is 8.68. The number of pyridine rings is 1. The maximum atomic E-state index is 11.4. The van der Waals surface area contributed by atoms with Crippen LogP contribution in [0.15, 0.2) is 46.5 Å². The largest absolute Gasteiger partial charge is 0.328 e. The van der Waals surface area contributed by atoms with Gasteiger partial charge < -0.3 is 4.98 Å². The Hall–Kier alpha value is -2.74. The van der Waals surface area contributed by atoms with E-state index in [0.717, 1.165) is 0 Å². The standard InChI is InChI=1S/C12H7N3O2/c13-7-11-10(5-6-14-12(11)16)8-1-3-9(15-17)4-2-8/h1-6H,(H,14,16). The first-order valence-corrected chi connectivity index (χ1v) is 4.82. The third-order valence-corrected chi connectivity index (χ3v) is 2.36. The Morgan fingerprint density at radius 1 is 1.18 bits per heavy atom. The van der Waals surface area contributed by atoms with Crippen LogP contribution in [0.4, 0.5) is 5.69 Å². The van der Waals surface area contributed by atoms with E-state index in [1.54, 1.807) is 18.2 Å². The Kier molecular flexibility index (Phi) is 2.79. The molecule has 0 amide bonds. The third kappa shape index (κ3) is 1.96. The first-order chi connectivity index (χ1) is 8.26. The lowest BCUT2D eigenvalue weighted by atomic mass is 10.0. The van der Waals surface area contributed by atoms with Crippen molar-refractivity contribution in [3.63, 3.8) is 0 Å². The second kappa shape index (κ2) is 4.41. The fraction of sp³-hybridized carbons (Fsp3) is 0. The summed E-state index contributed by atoms with van der Waals surface area (Å²) in [5, 5.41) is 11.7.